The van der Waals surface area contributed by atoms with E-state index in [1.807, 2.05) is 36.4 Å². The molecule has 10 atom stereocenters. The Balaban J connectivity index is 1.05. The van der Waals surface area contributed by atoms with Gasteiger partial charge < -0.3 is 73.3 Å². The quantitative estimate of drug-likeness (QED) is 0.129. The standard InChI is InChI=1S/C31H38O15/c1-39-20-8-14(7-16-10-18(44-29(16)20)15-4-5-17-19(9-15)43-13-42-17)3-2-6-40-30-27(37)26(36)24(34)22(46-30)12-41-31-28(38)25(35)23(33)21(11-32)45-31/h4-5,7-10,21-28,30-38H,2-3,6,11-13H2,1H3. The summed E-state index contributed by atoms with van der Waals surface area (Å²) in [4.78, 5) is 0. The second kappa shape index (κ2) is 14.0. The molecular formula is C31H38O15. The summed E-state index contributed by atoms with van der Waals surface area (Å²) < 4.78 is 44.7. The summed E-state index contributed by atoms with van der Waals surface area (Å²) in [6, 6.07) is 11.3. The van der Waals surface area contributed by atoms with Crippen molar-refractivity contribution in [3.8, 4) is 28.6 Å². The molecular weight excluding hydrogens is 612 g/mol. The minimum atomic E-state index is -1.66. The van der Waals surface area contributed by atoms with Crippen molar-refractivity contribution in [3.63, 3.8) is 0 Å². The van der Waals surface area contributed by atoms with E-state index in [4.69, 9.17) is 37.6 Å². The molecule has 3 aromatic rings. The minimum absolute atomic E-state index is 0.124. The molecule has 2 fully saturated rings. The zero-order valence-corrected chi connectivity index (χ0v) is 24.9. The Kier molecular flexibility index (Phi) is 9.98. The van der Waals surface area contributed by atoms with Crippen LogP contribution in [0.3, 0.4) is 0 Å². The highest BCUT2D eigenvalue weighted by Crippen LogP contribution is 2.39. The molecule has 0 bridgehead atoms. The normalized spacial score (nSPS) is 32.6. The number of hydrogen-bond donors (Lipinski definition) is 7. The molecule has 0 saturated carbocycles. The third kappa shape index (κ3) is 6.54. The molecule has 0 spiro atoms. The molecule has 15 heteroatoms. The van der Waals surface area contributed by atoms with E-state index in [1.165, 1.54) is 0 Å². The number of benzene rings is 2. The van der Waals surface area contributed by atoms with Crippen molar-refractivity contribution in [2.45, 2.75) is 74.3 Å². The Morgan fingerprint density at radius 3 is 2.20 bits per heavy atom. The summed E-state index contributed by atoms with van der Waals surface area (Å²) in [6.45, 7) is -0.779. The molecule has 3 aliphatic heterocycles. The molecule has 4 heterocycles. The van der Waals surface area contributed by atoms with E-state index in [0.717, 1.165) is 16.5 Å². The number of fused-ring (bicyclic) bond motifs is 2. The maximum atomic E-state index is 10.5. The fourth-order valence-corrected chi connectivity index (χ4v) is 5.73. The van der Waals surface area contributed by atoms with Gasteiger partial charge in [-0.25, -0.2) is 0 Å². The highest BCUT2D eigenvalue weighted by Gasteiger charge is 2.47. The van der Waals surface area contributed by atoms with E-state index in [0.29, 0.717) is 41.4 Å². The molecule has 15 nitrogen and oxygen atoms in total. The average Bonchev–Trinajstić information content (AvgIpc) is 3.72. The summed E-state index contributed by atoms with van der Waals surface area (Å²) in [5, 5.41) is 71.7. The van der Waals surface area contributed by atoms with Crippen LogP contribution in [-0.4, -0.2) is 131 Å². The maximum absolute atomic E-state index is 10.5. The van der Waals surface area contributed by atoms with Gasteiger partial charge in [-0.05, 0) is 54.8 Å². The Morgan fingerprint density at radius 2 is 1.46 bits per heavy atom. The van der Waals surface area contributed by atoms with Crippen LogP contribution in [0.15, 0.2) is 40.8 Å². The first kappa shape index (κ1) is 32.9. The topological polar surface area (TPSA) is 219 Å². The van der Waals surface area contributed by atoms with Gasteiger partial charge in [-0.2, -0.15) is 0 Å². The predicted octanol–water partition coefficient (Wildman–Crippen LogP) is -0.590. The number of ether oxygens (including phenoxy) is 7. The Labute approximate surface area is 263 Å². The van der Waals surface area contributed by atoms with Crippen molar-refractivity contribution in [3.05, 3.63) is 42.0 Å². The molecule has 6 rings (SSSR count). The van der Waals surface area contributed by atoms with E-state index in [1.54, 1.807) is 7.11 Å². The highest BCUT2D eigenvalue weighted by molar-refractivity contribution is 5.88. The zero-order chi connectivity index (χ0) is 32.5. The number of aryl methyl sites for hydroxylation is 1. The van der Waals surface area contributed by atoms with Crippen LogP contribution in [-0.2, 0) is 25.4 Å². The van der Waals surface area contributed by atoms with Crippen molar-refractivity contribution in [1.29, 1.82) is 0 Å². The van der Waals surface area contributed by atoms with Crippen molar-refractivity contribution < 1.29 is 73.3 Å². The molecule has 0 amide bonds. The zero-order valence-electron chi connectivity index (χ0n) is 24.9. The Hall–Kier alpha value is -3.06. The van der Waals surface area contributed by atoms with Gasteiger partial charge in [0.15, 0.2) is 35.4 Å². The SMILES string of the molecule is COc1cc(CCCOC2OC(COC3OC(CO)C(O)C(O)C3O)C(O)C(O)C2O)cc2cc(-c3ccc4c(c3)OCO4)oc12. The van der Waals surface area contributed by atoms with Gasteiger partial charge >= 0.3 is 0 Å². The summed E-state index contributed by atoms with van der Waals surface area (Å²) >= 11 is 0. The lowest BCUT2D eigenvalue weighted by atomic mass is 9.98. The lowest BCUT2D eigenvalue weighted by Gasteiger charge is -2.42. The van der Waals surface area contributed by atoms with Gasteiger partial charge in [0.2, 0.25) is 6.79 Å². The highest BCUT2D eigenvalue weighted by atomic mass is 16.7. The molecule has 2 aromatic carbocycles. The second-order valence-electron chi connectivity index (χ2n) is 11.4. The molecule has 46 heavy (non-hydrogen) atoms. The number of furan rings is 1. The number of aliphatic hydroxyl groups excluding tert-OH is 7. The van der Waals surface area contributed by atoms with Gasteiger partial charge in [-0.3, -0.25) is 0 Å². The predicted molar refractivity (Wildman–Crippen MR) is 155 cm³/mol. The average molecular weight is 651 g/mol. The van der Waals surface area contributed by atoms with Crippen molar-refractivity contribution >= 4 is 11.0 Å². The van der Waals surface area contributed by atoms with Crippen LogP contribution in [0.25, 0.3) is 22.3 Å². The van der Waals surface area contributed by atoms with E-state index >= 15 is 0 Å². The number of aliphatic hydroxyl groups is 7. The second-order valence-corrected chi connectivity index (χ2v) is 11.4. The number of rotatable bonds is 11. The number of methoxy groups -OCH3 is 1. The van der Waals surface area contributed by atoms with Crippen LogP contribution in [0.4, 0.5) is 0 Å². The smallest absolute Gasteiger partial charge is 0.231 e. The van der Waals surface area contributed by atoms with E-state index < -0.39 is 74.6 Å². The van der Waals surface area contributed by atoms with E-state index in [9.17, 15) is 35.7 Å². The molecule has 0 aliphatic carbocycles. The van der Waals surface area contributed by atoms with Gasteiger partial charge in [-0.15, -0.1) is 0 Å². The van der Waals surface area contributed by atoms with Crippen LogP contribution < -0.4 is 14.2 Å². The summed E-state index contributed by atoms with van der Waals surface area (Å²) in [5.41, 5.74) is 2.36. The summed E-state index contributed by atoms with van der Waals surface area (Å²) in [7, 11) is 1.56. The van der Waals surface area contributed by atoms with Gasteiger partial charge in [0.25, 0.3) is 0 Å². The first-order valence-corrected chi connectivity index (χ1v) is 14.9. The first-order valence-electron chi connectivity index (χ1n) is 14.9. The largest absolute Gasteiger partial charge is 0.493 e. The fraction of sp³-hybridized carbons (Fsp3) is 0.548. The van der Waals surface area contributed by atoms with Crippen LogP contribution in [0, 0.1) is 0 Å². The Morgan fingerprint density at radius 1 is 0.761 bits per heavy atom. The van der Waals surface area contributed by atoms with Gasteiger partial charge in [0.1, 0.15) is 54.6 Å². The van der Waals surface area contributed by atoms with Gasteiger partial charge in [-0.1, -0.05) is 0 Å². The van der Waals surface area contributed by atoms with E-state index in [2.05, 4.69) is 0 Å². The van der Waals surface area contributed by atoms with Crippen LogP contribution in [0.1, 0.15) is 12.0 Å². The van der Waals surface area contributed by atoms with Crippen LogP contribution in [0.2, 0.25) is 0 Å². The minimum Gasteiger partial charge on any atom is -0.493 e. The molecule has 3 aliphatic rings. The van der Waals surface area contributed by atoms with Crippen LogP contribution in [0.5, 0.6) is 17.2 Å². The molecule has 252 valence electrons. The molecule has 2 saturated heterocycles. The van der Waals surface area contributed by atoms with E-state index in [-0.39, 0.29) is 13.4 Å². The van der Waals surface area contributed by atoms with Crippen molar-refractivity contribution in [2.24, 2.45) is 0 Å². The van der Waals surface area contributed by atoms with Crippen molar-refractivity contribution in [2.75, 3.05) is 33.7 Å². The van der Waals surface area contributed by atoms with Crippen LogP contribution >= 0.6 is 0 Å². The third-order valence-corrected chi connectivity index (χ3v) is 8.35. The molecule has 10 unspecified atom stereocenters. The Bertz CT molecular complexity index is 1480. The summed E-state index contributed by atoms with van der Waals surface area (Å²) in [6.07, 6.45) is -13.7. The molecule has 1 aromatic heterocycles. The lowest BCUT2D eigenvalue weighted by Crippen LogP contribution is -2.61. The van der Waals surface area contributed by atoms with Gasteiger partial charge in [0.05, 0.1) is 26.9 Å². The maximum Gasteiger partial charge on any atom is 0.231 e. The lowest BCUT2D eigenvalue weighted by molar-refractivity contribution is -0.331. The summed E-state index contributed by atoms with van der Waals surface area (Å²) in [5.74, 6) is 2.52. The monoisotopic (exact) mass is 650 g/mol. The number of hydrogen-bond acceptors (Lipinski definition) is 15. The molecule has 0 radical (unpaired) electrons. The fourth-order valence-electron chi connectivity index (χ4n) is 5.73. The van der Waals surface area contributed by atoms with Gasteiger partial charge in [0, 0.05) is 10.9 Å². The third-order valence-electron chi connectivity index (χ3n) is 8.35. The van der Waals surface area contributed by atoms with Crippen molar-refractivity contribution in [1.82, 2.24) is 0 Å². The molecule has 7 N–H and O–H groups in total. The first-order chi connectivity index (χ1) is 22.2.